The van der Waals surface area contributed by atoms with Crippen molar-refractivity contribution in [2.45, 2.75) is 106 Å². The van der Waals surface area contributed by atoms with Crippen LogP contribution in [-0.4, -0.2) is 23.3 Å². The maximum absolute atomic E-state index is 13.4. The fourth-order valence-corrected chi connectivity index (χ4v) is 10.3. The lowest BCUT2D eigenvalue weighted by molar-refractivity contribution is -0.191. The zero-order chi connectivity index (χ0) is 24.2. The molecule has 184 valence electrons. The normalized spacial score (nSPS) is 53.3. The molecule has 0 saturated heterocycles. The topological polar surface area (TPSA) is 54.4 Å². The van der Waals surface area contributed by atoms with E-state index in [4.69, 9.17) is 0 Å². The first-order chi connectivity index (χ1) is 15.2. The lowest BCUT2D eigenvalue weighted by atomic mass is 9.33. The summed E-state index contributed by atoms with van der Waals surface area (Å²) in [5, 5.41) is 10.3. The minimum atomic E-state index is -0.593. The first kappa shape index (κ1) is 23.8. The number of rotatable bonds is 1. The van der Waals surface area contributed by atoms with Gasteiger partial charge in [0.05, 0.1) is 12.0 Å². The van der Waals surface area contributed by atoms with Crippen LogP contribution in [0.4, 0.5) is 0 Å². The molecule has 8 atom stereocenters. The number of Topliss-reactive ketones (excluding diaryl/α,β-unsaturated/α-hetero) is 2. The summed E-state index contributed by atoms with van der Waals surface area (Å²) in [6.45, 7) is 16.4. The molecule has 0 amide bonds. The van der Waals surface area contributed by atoms with Crippen LogP contribution in [0.15, 0.2) is 11.6 Å². The van der Waals surface area contributed by atoms with Crippen molar-refractivity contribution >= 4 is 11.6 Å². The van der Waals surface area contributed by atoms with Crippen molar-refractivity contribution in [1.82, 2.24) is 0 Å². The smallest absolute Gasteiger partial charge is 0.141 e. The molecule has 0 aromatic rings. The molecule has 0 aromatic heterocycles. The molecular formula is C30H46O3. The molecule has 0 heterocycles. The van der Waals surface area contributed by atoms with E-state index < -0.39 is 5.41 Å². The van der Waals surface area contributed by atoms with Crippen molar-refractivity contribution < 1.29 is 14.7 Å². The monoisotopic (exact) mass is 454 g/mol. The Morgan fingerprint density at radius 1 is 0.909 bits per heavy atom. The predicted octanol–water partition coefficient (Wildman–Crippen LogP) is 6.53. The summed E-state index contributed by atoms with van der Waals surface area (Å²) in [4.78, 5) is 26.4. The summed E-state index contributed by atoms with van der Waals surface area (Å²) in [5.41, 5.74) is 1.24. The third kappa shape index (κ3) is 2.78. The number of hydrogen-bond acceptors (Lipinski definition) is 3. The van der Waals surface area contributed by atoms with Gasteiger partial charge in [0.15, 0.2) is 0 Å². The van der Waals surface area contributed by atoms with Crippen molar-refractivity contribution in [2.24, 2.45) is 50.2 Å². The van der Waals surface area contributed by atoms with Crippen LogP contribution in [0.1, 0.15) is 106 Å². The van der Waals surface area contributed by atoms with Gasteiger partial charge in [0, 0.05) is 18.3 Å². The van der Waals surface area contributed by atoms with E-state index in [1.807, 2.05) is 6.92 Å². The molecular weight excluding hydrogens is 408 g/mol. The van der Waals surface area contributed by atoms with Crippen LogP contribution in [0.25, 0.3) is 0 Å². The van der Waals surface area contributed by atoms with Gasteiger partial charge in [-0.2, -0.15) is 0 Å². The molecule has 4 fully saturated rings. The van der Waals surface area contributed by atoms with E-state index in [0.717, 1.165) is 51.4 Å². The largest absolute Gasteiger partial charge is 0.395 e. The molecule has 0 radical (unpaired) electrons. The fourth-order valence-electron chi connectivity index (χ4n) is 10.3. The Bertz CT molecular complexity index is 931. The second-order valence-corrected chi connectivity index (χ2v) is 14.7. The Morgan fingerprint density at radius 2 is 1.61 bits per heavy atom. The Labute approximate surface area is 201 Å². The third-order valence-electron chi connectivity index (χ3n) is 12.7. The minimum Gasteiger partial charge on any atom is -0.395 e. The van der Waals surface area contributed by atoms with E-state index in [-0.39, 0.29) is 45.4 Å². The molecule has 5 aliphatic carbocycles. The van der Waals surface area contributed by atoms with Gasteiger partial charge < -0.3 is 5.11 Å². The van der Waals surface area contributed by atoms with Gasteiger partial charge >= 0.3 is 0 Å². The standard InChI is InChI=1S/C30H46O3/c1-25(2)16-20-19-8-9-22-27(4)12-11-23(32)28(5,18-31)21(27)10-13-30(22,7)29(19,6)15-14-26(20,3)24(33)17-25/h8,20-22,31H,9-18H2,1-7H3/t20-,21+,22+,26+,27-,28+,29+,30+/m0/s1. The fraction of sp³-hybridized carbons (Fsp3) is 0.867. The van der Waals surface area contributed by atoms with E-state index in [1.54, 1.807) is 5.57 Å². The highest BCUT2D eigenvalue weighted by Gasteiger charge is 2.69. The lowest BCUT2D eigenvalue weighted by Crippen LogP contribution is -2.65. The highest BCUT2D eigenvalue weighted by atomic mass is 16.3. The molecule has 33 heavy (non-hydrogen) atoms. The van der Waals surface area contributed by atoms with Crippen molar-refractivity contribution in [3.05, 3.63) is 11.6 Å². The number of ketones is 2. The average molecular weight is 455 g/mol. The van der Waals surface area contributed by atoms with Crippen molar-refractivity contribution in [3.63, 3.8) is 0 Å². The molecule has 3 nitrogen and oxygen atoms in total. The average Bonchev–Trinajstić information content (AvgIpc) is 2.73. The Hall–Kier alpha value is -0.960. The first-order valence-electron chi connectivity index (χ1n) is 13.6. The predicted molar refractivity (Wildman–Crippen MR) is 132 cm³/mol. The van der Waals surface area contributed by atoms with Crippen molar-refractivity contribution in [3.8, 4) is 0 Å². The number of aliphatic hydroxyl groups is 1. The quantitative estimate of drug-likeness (QED) is 0.458. The highest BCUT2D eigenvalue weighted by molar-refractivity contribution is 5.87. The summed E-state index contributed by atoms with van der Waals surface area (Å²) in [6, 6.07) is 0. The van der Waals surface area contributed by atoms with Crippen LogP contribution in [0.2, 0.25) is 0 Å². The van der Waals surface area contributed by atoms with Crippen LogP contribution in [-0.2, 0) is 9.59 Å². The van der Waals surface area contributed by atoms with E-state index in [1.165, 1.54) is 0 Å². The SMILES string of the molecule is CC1(C)CC(=O)[C@]2(C)CC[C@]3(C)C(=CC[C@@H]4[C@@]5(C)CCC(=O)[C@](C)(CO)[C@@H]5CC[C@]43C)[C@@H]2C1. The van der Waals surface area contributed by atoms with E-state index in [9.17, 15) is 14.7 Å². The van der Waals surface area contributed by atoms with Crippen LogP contribution in [0, 0.1) is 50.2 Å². The summed E-state index contributed by atoms with van der Waals surface area (Å²) in [7, 11) is 0. The van der Waals surface area contributed by atoms with Gasteiger partial charge in [0.1, 0.15) is 11.6 Å². The molecule has 4 saturated carbocycles. The zero-order valence-electron chi connectivity index (χ0n) is 22.1. The molecule has 0 aliphatic heterocycles. The van der Waals surface area contributed by atoms with Gasteiger partial charge in [0.25, 0.3) is 0 Å². The molecule has 5 aliphatic rings. The molecule has 1 N–H and O–H groups in total. The molecule has 5 rings (SSSR count). The van der Waals surface area contributed by atoms with Gasteiger partial charge in [-0.3, -0.25) is 9.59 Å². The molecule has 0 bridgehead atoms. The lowest BCUT2D eigenvalue weighted by Gasteiger charge is -2.70. The first-order valence-corrected chi connectivity index (χ1v) is 13.6. The maximum atomic E-state index is 13.4. The van der Waals surface area contributed by atoms with Gasteiger partial charge in [-0.25, -0.2) is 0 Å². The number of fused-ring (bicyclic) bond motifs is 7. The Morgan fingerprint density at radius 3 is 2.27 bits per heavy atom. The van der Waals surface area contributed by atoms with Crippen molar-refractivity contribution in [1.29, 1.82) is 0 Å². The van der Waals surface area contributed by atoms with Crippen LogP contribution < -0.4 is 0 Å². The van der Waals surface area contributed by atoms with E-state index in [2.05, 4.69) is 47.6 Å². The number of allylic oxidation sites excluding steroid dienone is 2. The van der Waals surface area contributed by atoms with E-state index >= 15 is 0 Å². The van der Waals surface area contributed by atoms with Gasteiger partial charge in [-0.05, 0) is 84.4 Å². The van der Waals surface area contributed by atoms with Crippen LogP contribution in [0.3, 0.4) is 0 Å². The number of aliphatic hydroxyl groups excluding tert-OH is 1. The van der Waals surface area contributed by atoms with Crippen molar-refractivity contribution in [2.75, 3.05) is 6.61 Å². The van der Waals surface area contributed by atoms with Gasteiger partial charge in [0.2, 0.25) is 0 Å². The molecule has 0 unspecified atom stereocenters. The summed E-state index contributed by atoms with van der Waals surface area (Å²) in [5.74, 6) is 1.90. The highest BCUT2D eigenvalue weighted by Crippen LogP contribution is 2.75. The maximum Gasteiger partial charge on any atom is 0.141 e. The molecule has 0 spiro atoms. The van der Waals surface area contributed by atoms with Crippen LogP contribution >= 0.6 is 0 Å². The number of carbonyl (C=O) groups is 2. The van der Waals surface area contributed by atoms with E-state index in [0.29, 0.717) is 24.0 Å². The number of carbonyl (C=O) groups excluding carboxylic acids is 2. The zero-order valence-corrected chi connectivity index (χ0v) is 22.1. The molecule has 3 heteroatoms. The molecule has 0 aromatic carbocycles. The Balaban J connectivity index is 1.60. The Kier molecular flexibility index (Phi) is 4.92. The summed E-state index contributed by atoms with van der Waals surface area (Å²) >= 11 is 0. The van der Waals surface area contributed by atoms with Crippen LogP contribution in [0.5, 0.6) is 0 Å². The van der Waals surface area contributed by atoms with Gasteiger partial charge in [-0.1, -0.05) is 60.1 Å². The second-order valence-electron chi connectivity index (χ2n) is 14.7. The summed E-state index contributed by atoms with van der Waals surface area (Å²) in [6.07, 6.45) is 11.3. The third-order valence-corrected chi connectivity index (χ3v) is 12.7. The number of hydrogen-bond donors (Lipinski definition) is 1. The summed E-state index contributed by atoms with van der Waals surface area (Å²) < 4.78 is 0. The second kappa shape index (κ2) is 6.83. The van der Waals surface area contributed by atoms with Gasteiger partial charge in [-0.15, -0.1) is 0 Å². The minimum absolute atomic E-state index is 0.0223.